The van der Waals surface area contributed by atoms with E-state index in [0.29, 0.717) is 11.4 Å². The maximum absolute atomic E-state index is 12.9. The van der Waals surface area contributed by atoms with Gasteiger partial charge in [0.2, 0.25) is 5.91 Å². The van der Waals surface area contributed by atoms with Crippen LogP contribution in [0.15, 0.2) is 58.1 Å². The smallest absolute Gasteiger partial charge is 0.330 e. The normalized spacial score (nSPS) is 10.7. The number of nitrogens with zero attached hydrogens (tertiary/aromatic N) is 2. The van der Waals surface area contributed by atoms with Crippen molar-refractivity contribution in [2.45, 2.75) is 13.5 Å². The largest absolute Gasteiger partial charge is 0.495 e. The number of hydrogen-bond donors (Lipinski definition) is 3. The molecule has 0 atom stereocenters. The maximum atomic E-state index is 12.9. The fraction of sp³-hybridized carbons (Fsp3) is 0.292. The number of carbonyl (C=O) groups is 1. The van der Waals surface area contributed by atoms with Crippen LogP contribution in [0.3, 0.4) is 0 Å². The van der Waals surface area contributed by atoms with Crippen LogP contribution in [0.5, 0.6) is 5.75 Å². The Hall–Kier alpha value is -4.05. The van der Waals surface area contributed by atoms with Gasteiger partial charge in [0.15, 0.2) is 0 Å². The second kappa shape index (κ2) is 11.2. The molecule has 4 N–H and O–H groups in total. The zero-order valence-corrected chi connectivity index (χ0v) is 19.5. The van der Waals surface area contributed by atoms with Gasteiger partial charge in [-0.1, -0.05) is 36.4 Å². The van der Waals surface area contributed by atoms with E-state index in [-0.39, 0.29) is 43.7 Å². The number of H-pyrrole nitrogens is 1. The third-order valence-electron chi connectivity index (χ3n) is 5.24. The Morgan fingerprint density at radius 3 is 2.56 bits per heavy atom. The zero-order valence-electron chi connectivity index (χ0n) is 19.5. The van der Waals surface area contributed by atoms with Gasteiger partial charge in [-0.05, 0) is 30.2 Å². The van der Waals surface area contributed by atoms with Crippen molar-refractivity contribution in [1.29, 1.82) is 0 Å². The van der Waals surface area contributed by atoms with Crippen LogP contribution < -0.4 is 31.9 Å². The van der Waals surface area contributed by atoms with Crippen LogP contribution in [0, 0.1) is 6.92 Å². The lowest BCUT2D eigenvalue weighted by atomic mass is 10.2. The molecular formula is C24H29N5O5. The van der Waals surface area contributed by atoms with Crippen molar-refractivity contribution < 1.29 is 14.3 Å². The van der Waals surface area contributed by atoms with E-state index in [1.165, 1.54) is 23.7 Å². The molecular weight excluding hydrogens is 438 g/mol. The van der Waals surface area contributed by atoms with Crippen LogP contribution in [0.2, 0.25) is 0 Å². The molecule has 0 fully saturated rings. The first-order chi connectivity index (χ1) is 16.3. The first-order valence-electron chi connectivity index (χ1n) is 10.7. The minimum atomic E-state index is -0.677. The molecule has 180 valence electrons. The summed E-state index contributed by atoms with van der Waals surface area (Å²) in [7, 11) is 3.03. The van der Waals surface area contributed by atoms with Gasteiger partial charge in [0.1, 0.15) is 17.3 Å². The third-order valence-corrected chi connectivity index (χ3v) is 5.24. The summed E-state index contributed by atoms with van der Waals surface area (Å²) < 4.78 is 11.7. The number of aryl methyl sites for hydroxylation is 1. The third kappa shape index (κ3) is 5.84. The number of aromatic amines is 1. The lowest BCUT2D eigenvalue weighted by molar-refractivity contribution is -0.115. The van der Waals surface area contributed by atoms with Crippen molar-refractivity contribution in [2.75, 3.05) is 49.9 Å². The van der Waals surface area contributed by atoms with Crippen LogP contribution >= 0.6 is 0 Å². The van der Waals surface area contributed by atoms with E-state index in [9.17, 15) is 14.4 Å². The van der Waals surface area contributed by atoms with Gasteiger partial charge in [0, 0.05) is 13.7 Å². The summed E-state index contributed by atoms with van der Waals surface area (Å²) in [5.74, 6) is 0.0884. The number of anilines is 3. The number of ether oxygens (including phenoxy) is 2. The van der Waals surface area contributed by atoms with Crippen molar-refractivity contribution in [2.24, 2.45) is 0 Å². The minimum absolute atomic E-state index is 0.0268. The predicted molar refractivity (Wildman–Crippen MR) is 132 cm³/mol. The minimum Gasteiger partial charge on any atom is -0.495 e. The fourth-order valence-corrected chi connectivity index (χ4v) is 3.56. The van der Waals surface area contributed by atoms with Crippen LogP contribution in [0.4, 0.5) is 17.2 Å². The Morgan fingerprint density at radius 1 is 1.15 bits per heavy atom. The summed E-state index contributed by atoms with van der Waals surface area (Å²) in [4.78, 5) is 42.0. The van der Waals surface area contributed by atoms with Crippen LogP contribution in [-0.2, 0) is 16.1 Å². The number of hydrogen-bond acceptors (Lipinski definition) is 7. The van der Waals surface area contributed by atoms with Crippen LogP contribution in [0.25, 0.3) is 0 Å². The molecule has 1 aromatic heterocycles. The molecule has 0 aliphatic heterocycles. The molecule has 10 nitrogen and oxygen atoms in total. The highest BCUT2D eigenvalue weighted by atomic mass is 16.5. The highest BCUT2D eigenvalue weighted by Gasteiger charge is 2.22. The van der Waals surface area contributed by atoms with Gasteiger partial charge in [-0.2, -0.15) is 0 Å². The standard InChI is InChI=1S/C24H29N5O5/c1-16-9-10-19(34-3)18(13-16)26-20(30)15-28(11-12-33-2)21-22(25)29(24(32)27-23(21)31)14-17-7-5-4-6-8-17/h4-10,13H,11-12,14-15,25H2,1-3H3,(H,26,30)(H,27,31,32). The van der Waals surface area contributed by atoms with E-state index in [1.807, 2.05) is 43.3 Å². The Kier molecular flexibility index (Phi) is 8.10. The number of amides is 1. The highest BCUT2D eigenvalue weighted by Crippen LogP contribution is 2.25. The molecule has 34 heavy (non-hydrogen) atoms. The number of benzene rings is 2. The van der Waals surface area contributed by atoms with Gasteiger partial charge in [0.25, 0.3) is 5.56 Å². The van der Waals surface area contributed by atoms with E-state index >= 15 is 0 Å². The molecule has 0 spiro atoms. The zero-order chi connectivity index (χ0) is 24.7. The van der Waals surface area contributed by atoms with E-state index in [0.717, 1.165) is 11.1 Å². The highest BCUT2D eigenvalue weighted by molar-refractivity contribution is 5.95. The monoisotopic (exact) mass is 467 g/mol. The number of nitrogens with one attached hydrogen (secondary N) is 2. The lowest BCUT2D eigenvalue weighted by Gasteiger charge is -2.25. The molecule has 2 aromatic carbocycles. The Balaban J connectivity index is 1.93. The summed E-state index contributed by atoms with van der Waals surface area (Å²) in [6, 6.07) is 14.7. The predicted octanol–water partition coefficient (Wildman–Crippen LogP) is 1.58. The number of nitrogen functional groups attached to an aromatic ring is 1. The molecule has 10 heteroatoms. The number of methoxy groups -OCH3 is 2. The Morgan fingerprint density at radius 2 is 1.88 bits per heavy atom. The lowest BCUT2D eigenvalue weighted by Crippen LogP contribution is -2.43. The van der Waals surface area contributed by atoms with Crippen LogP contribution in [0.1, 0.15) is 11.1 Å². The average molecular weight is 468 g/mol. The molecule has 3 rings (SSSR count). The quantitative estimate of drug-likeness (QED) is 0.412. The summed E-state index contributed by atoms with van der Waals surface area (Å²) >= 11 is 0. The summed E-state index contributed by atoms with van der Waals surface area (Å²) in [5.41, 5.74) is 7.32. The molecule has 0 unspecified atom stereocenters. The molecule has 1 amide bonds. The first kappa shape index (κ1) is 24.6. The van der Waals surface area contributed by atoms with Crippen molar-refractivity contribution in [1.82, 2.24) is 9.55 Å². The van der Waals surface area contributed by atoms with Crippen molar-refractivity contribution >= 4 is 23.1 Å². The van der Waals surface area contributed by atoms with Gasteiger partial charge in [-0.3, -0.25) is 19.1 Å². The van der Waals surface area contributed by atoms with Gasteiger partial charge >= 0.3 is 5.69 Å². The van der Waals surface area contributed by atoms with Crippen LogP contribution in [-0.4, -0.2) is 49.4 Å². The number of carbonyl (C=O) groups excluding carboxylic acids is 1. The number of rotatable bonds is 10. The molecule has 0 saturated heterocycles. The topological polar surface area (TPSA) is 132 Å². The molecule has 0 saturated carbocycles. The Labute approximate surface area is 196 Å². The fourth-order valence-electron chi connectivity index (χ4n) is 3.56. The van der Waals surface area contributed by atoms with Gasteiger partial charge in [-0.25, -0.2) is 4.79 Å². The van der Waals surface area contributed by atoms with Gasteiger partial charge in [0.05, 0.1) is 32.5 Å². The molecule has 0 aliphatic carbocycles. The summed E-state index contributed by atoms with van der Waals surface area (Å²) in [5, 5.41) is 2.82. The second-order valence-electron chi connectivity index (χ2n) is 7.73. The van der Waals surface area contributed by atoms with E-state index in [4.69, 9.17) is 15.2 Å². The van der Waals surface area contributed by atoms with E-state index < -0.39 is 11.2 Å². The molecule has 3 aromatic rings. The van der Waals surface area contributed by atoms with Gasteiger partial charge in [-0.15, -0.1) is 0 Å². The molecule has 0 radical (unpaired) electrons. The molecule has 1 heterocycles. The van der Waals surface area contributed by atoms with E-state index in [2.05, 4.69) is 10.3 Å². The molecule has 0 aliphatic rings. The maximum Gasteiger partial charge on any atom is 0.330 e. The number of aromatic nitrogens is 2. The van der Waals surface area contributed by atoms with Crippen molar-refractivity contribution in [3.05, 3.63) is 80.5 Å². The van der Waals surface area contributed by atoms with E-state index in [1.54, 1.807) is 12.1 Å². The second-order valence-corrected chi connectivity index (χ2v) is 7.73. The van der Waals surface area contributed by atoms with Gasteiger partial charge < -0.3 is 25.4 Å². The van der Waals surface area contributed by atoms with Crippen molar-refractivity contribution in [3.8, 4) is 5.75 Å². The summed E-state index contributed by atoms with van der Waals surface area (Å²) in [6.07, 6.45) is 0. The van der Waals surface area contributed by atoms with Crippen molar-refractivity contribution in [3.63, 3.8) is 0 Å². The molecule has 0 bridgehead atoms. The number of nitrogens with two attached hydrogens (primary N) is 1. The average Bonchev–Trinajstić information content (AvgIpc) is 2.80. The SMILES string of the molecule is COCCN(CC(=O)Nc1cc(C)ccc1OC)c1c(N)n(Cc2ccccc2)c(=O)[nH]c1=O. The first-order valence-corrected chi connectivity index (χ1v) is 10.7. The summed E-state index contributed by atoms with van der Waals surface area (Å²) in [6.45, 7) is 2.30. The Bertz CT molecular complexity index is 1250.